The Morgan fingerprint density at radius 3 is 2.94 bits per heavy atom. The number of carbonyl (C=O) groups excluding carboxylic acids is 1. The van der Waals surface area contributed by atoms with Crippen LogP contribution in [0.5, 0.6) is 0 Å². The normalized spacial score (nSPS) is 17.8. The predicted octanol–water partition coefficient (Wildman–Crippen LogP) is 4.27. The standard InChI is InChI=1S/C21H25ClN8OS/c1-11(2)14-9-17(29-28-14)25-18-12-5-3-6-13(12)24-20(26-18)30-8-4-7-15(30)19(31)27-21-23-10-16(22)32-21/h9-11,15H,3-8H2,1-2H3,(H,23,27,31)(H2,24,25,26,28,29)/t15-/m0/s1. The van der Waals surface area contributed by atoms with Crippen molar-refractivity contribution in [1.82, 2.24) is 25.1 Å². The SMILES string of the molecule is CC(C)c1cc(Nc2nc(N3CCC[C@H]3C(=O)Nc3ncc(Cl)s3)nc3c2CCC3)n[nH]1. The van der Waals surface area contributed by atoms with Crippen molar-refractivity contribution in [2.24, 2.45) is 0 Å². The van der Waals surface area contributed by atoms with Crippen LogP contribution in [-0.2, 0) is 17.6 Å². The van der Waals surface area contributed by atoms with Crippen molar-refractivity contribution in [3.63, 3.8) is 0 Å². The summed E-state index contributed by atoms with van der Waals surface area (Å²) in [6, 6.07) is 1.67. The van der Waals surface area contributed by atoms with E-state index in [0.29, 0.717) is 21.3 Å². The monoisotopic (exact) mass is 472 g/mol. The molecule has 0 aromatic carbocycles. The minimum absolute atomic E-state index is 0.110. The van der Waals surface area contributed by atoms with Crippen molar-refractivity contribution >= 4 is 51.6 Å². The molecule has 0 unspecified atom stereocenters. The smallest absolute Gasteiger partial charge is 0.248 e. The molecule has 1 amide bonds. The molecule has 4 heterocycles. The summed E-state index contributed by atoms with van der Waals surface area (Å²) in [5, 5.41) is 14.2. The summed E-state index contributed by atoms with van der Waals surface area (Å²) < 4.78 is 0.542. The number of hydrogen-bond acceptors (Lipinski definition) is 8. The first-order valence-corrected chi connectivity index (χ1v) is 12.1. The molecule has 3 aromatic rings. The van der Waals surface area contributed by atoms with Crippen LogP contribution in [0.4, 0.5) is 22.7 Å². The summed E-state index contributed by atoms with van der Waals surface area (Å²) in [4.78, 5) is 28.8. The van der Waals surface area contributed by atoms with Crippen molar-refractivity contribution < 1.29 is 4.79 Å². The molecule has 1 atom stereocenters. The molecule has 0 saturated carbocycles. The Hall–Kier alpha value is -2.72. The number of H-pyrrole nitrogens is 1. The first-order chi connectivity index (χ1) is 15.5. The van der Waals surface area contributed by atoms with Crippen LogP contribution < -0.4 is 15.5 Å². The lowest BCUT2D eigenvalue weighted by atomic mass is 10.1. The fourth-order valence-electron chi connectivity index (χ4n) is 4.25. The number of fused-ring (bicyclic) bond motifs is 1. The van der Waals surface area contributed by atoms with Crippen LogP contribution in [-0.4, -0.2) is 43.6 Å². The zero-order valence-corrected chi connectivity index (χ0v) is 19.6. The molecule has 3 aromatic heterocycles. The predicted molar refractivity (Wildman–Crippen MR) is 126 cm³/mol. The van der Waals surface area contributed by atoms with Crippen molar-refractivity contribution in [3.8, 4) is 0 Å². The molecule has 1 aliphatic heterocycles. The van der Waals surface area contributed by atoms with Gasteiger partial charge in [-0.05, 0) is 38.0 Å². The van der Waals surface area contributed by atoms with E-state index in [-0.39, 0.29) is 11.9 Å². The summed E-state index contributed by atoms with van der Waals surface area (Å²) in [5.41, 5.74) is 3.26. The Morgan fingerprint density at radius 1 is 1.31 bits per heavy atom. The van der Waals surface area contributed by atoms with Crippen molar-refractivity contribution in [2.75, 3.05) is 22.1 Å². The molecule has 2 aliphatic rings. The van der Waals surface area contributed by atoms with Crippen molar-refractivity contribution in [1.29, 1.82) is 0 Å². The molecular weight excluding hydrogens is 448 g/mol. The highest BCUT2D eigenvalue weighted by Gasteiger charge is 2.34. The van der Waals surface area contributed by atoms with Gasteiger partial charge in [-0.25, -0.2) is 9.97 Å². The summed E-state index contributed by atoms with van der Waals surface area (Å²) in [6.45, 7) is 4.97. The highest BCUT2D eigenvalue weighted by atomic mass is 35.5. The van der Waals surface area contributed by atoms with Gasteiger partial charge in [-0.1, -0.05) is 36.8 Å². The van der Waals surface area contributed by atoms with Crippen LogP contribution in [0.1, 0.15) is 56.0 Å². The van der Waals surface area contributed by atoms with E-state index in [1.165, 1.54) is 17.5 Å². The number of amides is 1. The summed E-state index contributed by atoms with van der Waals surface area (Å²) in [6.07, 6.45) is 6.08. The van der Waals surface area contributed by atoms with Gasteiger partial charge in [-0.15, -0.1) is 0 Å². The number of nitrogens with zero attached hydrogens (tertiary/aromatic N) is 5. The molecule has 5 rings (SSSR count). The first kappa shape index (κ1) is 21.1. The lowest BCUT2D eigenvalue weighted by Gasteiger charge is -2.24. The number of nitrogens with one attached hydrogen (secondary N) is 3. The second kappa shape index (κ2) is 8.67. The minimum atomic E-state index is -0.345. The molecular formula is C21H25ClN8OS. The Kier molecular flexibility index (Phi) is 5.73. The second-order valence-corrected chi connectivity index (χ2v) is 10.1. The van der Waals surface area contributed by atoms with E-state index in [2.05, 4.69) is 39.7 Å². The molecule has 0 spiro atoms. The highest BCUT2D eigenvalue weighted by molar-refractivity contribution is 7.19. The van der Waals surface area contributed by atoms with E-state index < -0.39 is 0 Å². The van der Waals surface area contributed by atoms with Gasteiger partial charge in [0.1, 0.15) is 16.2 Å². The summed E-state index contributed by atoms with van der Waals surface area (Å²) in [5.74, 6) is 2.36. The maximum Gasteiger partial charge on any atom is 0.248 e. The topological polar surface area (TPSA) is 112 Å². The van der Waals surface area contributed by atoms with Gasteiger partial charge < -0.3 is 15.5 Å². The number of aromatic nitrogens is 5. The van der Waals surface area contributed by atoms with Crippen LogP contribution in [0.2, 0.25) is 4.34 Å². The molecule has 0 bridgehead atoms. The molecule has 168 valence electrons. The third-order valence-electron chi connectivity index (χ3n) is 5.91. The van der Waals surface area contributed by atoms with E-state index in [0.717, 1.165) is 67.2 Å². The van der Waals surface area contributed by atoms with Gasteiger partial charge in [0, 0.05) is 23.9 Å². The van der Waals surface area contributed by atoms with Gasteiger partial charge in [-0.2, -0.15) is 10.1 Å². The number of aryl methyl sites for hydroxylation is 1. The number of rotatable bonds is 6. The van der Waals surface area contributed by atoms with E-state index in [9.17, 15) is 4.79 Å². The van der Waals surface area contributed by atoms with E-state index in [1.807, 2.05) is 11.0 Å². The zero-order valence-electron chi connectivity index (χ0n) is 18.0. The van der Waals surface area contributed by atoms with Crippen LogP contribution in [0, 0.1) is 0 Å². The first-order valence-electron chi connectivity index (χ1n) is 10.9. The van der Waals surface area contributed by atoms with E-state index in [1.54, 1.807) is 0 Å². The maximum absolute atomic E-state index is 13.0. The van der Waals surface area contributed by atoms with E-state index in [4.69, 9.17) is 21.6 Å². The van der Waals surface area contributed by atoms with Crippen LogP contribution in [0.15, 0.2) is 12.3 Å². The third kappa shape index (κ3) is 4.16. The molecule has 1 saturated heterocycles. The van der Waals surface area contributed by atoms with Crippen LogP contribution in [0.25, 0.3) is 0 Å². The molecule has 0 radical (unpaired) electrons. The number of aromatic amines is 1. The fourth-order valence-corrected chi connectivity index (χ4v) is 5.06. The van der Waals surface area contributed by atoms with Crippen LogP contribution >= 0.6 is 22.9 Å². The number of hydrogen-bond donors (Lipinski definition) is 3. The summed E-state index contributed by atoms with van der Waals surface area (Å²) >= 11 is 7.19. The van der Waals surface area contributed by atoms with Gasteiger partial charge in [0.2, 0.25) is 11.9 Å². The van der Waals surface area contributed by atoms with Gasteiger partial charge >= 0.3 is 0 Å². The summed E-state index contributed by atoms with van der Waals surface area (Å²) in [7, 11) is 0. The fraction of sp³-hybridized carbons (Fsp3) is 0.476. The van der Waals surface area contributed by atoms with E-state index >= 15 is 0 Å². The maximum atomic E-state index is 13.0. The molecule has 32 heavy (non-hydrogen) atoms. The van der Waals surface area contributed by atoms with Crippen LogP contribution in [0.3, 0.4) is 0 Å². The van der Waals surface area contributed by atoms with Crippen molar-refractivity contribution in [3.05, 3.63) is 33.6 Å². The molecule has 3 N–H and O–H groups in total. The number of anilines is 4. The Balaban J connectivity index is 1.41. The largest absolute Gasteiger partial charge is 0.329 e. The second-order valence-electron chi connectivity index (χ2n) is 8.45. The quantitative estimate of drug-likeness (QED) is 0.491. The Bertz CT molecular complexity index is 1140. The third-order valence-corrected chi connectivity index (χ3v) is 6.94. The number of carbonyl (C=O) groups is 1. The van der Waals surface area contributed by atoms with Gasteiger partial charge in [-0.3, -0.25) is 9.89 Å². The number of halogens is 1. The van der Waals surface area contributed by atoms with Gasteiger partial charge in [0.15, 0.2) is 10.9 Å². The molecule has 1 aliphatic carbocycles. The lowest BCUT2D eigenvalue weighted by molar-refractivity contribution is -0.117. The highest BCUT2D eigenvalue weighted by Crippen LogP contribution is 2.33. The average molecular weight is 473 g/mol. The zero-order chi connectivity index (χ0) is 22.2. The molecule has 9 nitrogen and oxygen atoms in total. The lowest BCUT2D eigenvalue weighted by Crippen LogP contribution is -2.40. The Labute approximate surface area is 195 Å². The molecule has 11 heteroatoms. The molecule has 1 fully saturated rings. The van der Waals surface area contributed by atoms with Crippen molar-refractivity contribution in [2.45, 2.75) is 57.9 Å². The Morgan fingerprint density at radius 2 is 2.19 bits per heavy atom. The minimum Gasteiger partial charge on any atom is -0.329 e. The van der Waals surface area contributed by atoms with Gasteiger partial charge in [0.25, 0.3) is 0 Å². The number of thiazole rings is 1. The average Bonchev–Trinajstić information content (AvgIpc) is 3.54. The van der Waals surface area contributed by atoms with Gasteiger partial charge in [0.05, 0.1) is 11.9 Å².